The zero-order valence-corrected chi connectivity index (χ0v) is 17.0. The van der Waals surface area contributed by atoms with Crippen LogP contribution in [0.15, 0.2) is 41.0 Å². The first-order valence-corrected chi connectivity index (χ1v) is 9.70. The van der Waals surface area contributed by atoms with Crippen LogP contribution in [0.4, 0.5) is 0 Å². The van der Waals surface area contributed by atoms with Crippen LogP contribution in [0, 0.1) is 13.8 Å². The Morgan fingerprint density at radius 2 is 1.93 bits per heavy atom. The largest absolute Gasteiger partial charge is 0.481 e. The average molecular weight is 398 g/mol. The predicted molar refractivity (Wildman–Crippen MR) is 108 cm³/mol. The number of nitrogens with zero attached hydrogens (tertiary/aromatic N) is 2. The number of carbonyl (C=O) groups excluding carboxylic acids is 1. The molecule has 0 bridgehead atoms. The first kappa shape index (κ1) is 19.8. The number of thiazole rings is 1. The summed E-state index contributed by atoms with van der Waals surface area (Å²) in [6, 6.07) is 9.70. The van der Waals surface area contributed by atoms with E-state index < -0.39 is 5.97 Å². The van der Waals surface area contributed by atoms with Crippen molar-refractivity contribution in [3.63, 3.8) is 0 Å². The molecule has 1 unspecified atom stereocenters. The van der Waals surface area contributed by atoms with E-state index >= 15 is 0 Å². The standard InChI is InChI=1S/C21H22N2O4S/c1-12-11-27-16(10-17(24)25)18(12)21(26)23(4)14(3)19-13(2)22-20(28-19)15-8-6-5-7-9-15/h5-9,11,14H,10H2,1-4H3,(H,24,25). The minimum absolute atomic E-state index is 0.181. The molecule has 0 saturated heterocycles. The third-order valence-corrected chi connectivity index (χ3v) is 6.09. The molecule has 1 N–H and O–H groups in total. The number of carboxylic acid groups (broad SMARTS) is 1. The molecule has 0 spiro atoms. The molecule has 3 rings (SSSR count). The van der Waals surface area contributed by atoms with Gasteiger partial charge in [0.1, 0.15) is 17.2 Å². The number of aliphatic carboxylic acids is 1. The van der Waals surface area contributed by atoms with Crippen LogP contribution >= 0.6 is 11.3 Å². The van der Waals surface area contributed by atoms with Crippen molar-refractivity contribution >= 4 is 23.2 Å². The van der Waals surface area contributed by atoms with Crippen molar-refractivity contribution in [2.75, 3.05) is 7.05 Å². The van der Waals surface area contributed by atoms with Crippen LogP contribution in [0.1, 0.15) is 45.2 Å². The Hall–Kier alpha value is -2.93. The van der Waals surface area contributed by atoms with Gasteiger partial charge in [-0.15, -0.1) is 11.3 Å². The normalized spacial score (nSPS) is 12.0. The Kier molecular flexibility index (Phi) is 5.65. The van der Waals surface area contributed by atoms with Crippen molar-refractivity contribution in [1.29, 1.82) is 0 Å². The van der Waals surface area contributed by atoms with Gasteiger partial charge in [0.25, 0.3) is 5.91 Å². The van der Waals surface area contributed by atoms with Crippen LogP contribution in [0.2, 0.25) is 0 Å². The molecule has 0 radical (unpaired) electrons. The van der Waals surface area contributed by atoms with E-state index in [2.05, 4.69) is 4.98 Å². The molecule has 0 aliphatic rings. The molecule has 2 heterocycles. The van der Waals surface area contributed by atoms with Crippen LogP contribution in [-0.2, 0) is 11.2 Å². The molecule has 0 fully saturated rings. The molecule has 1 atom stereocenters. The third-order valence-electron chi connectivity index (χ3n) is 4.71. The van der Waals surface area contributed by atoms with E-state index in [0.717, 1.165) is 21.1 Å². The SMILES string of the molecule is Cc1coc(CC(=O)O)c1C(=O)N(C)C(C)c1sc(-c2ccccc2)nc1C. The second-order valence-corrected chi connectivity index (χ2v) is 7.74. The summed E-state index contributed by atoms with van der Waals surface area (Å²) >= 11 is 1.56. The molecule has 6 nitrogen and oxygen atoms in total. The summed E-state index contributed by atoms with van der Waals surface area (Å²) in [7, 11) is 1.71. The number of carboxylic acids is 1. The van der Waals surface area contributed by atoms with Gasteiger partial charge in [0.15, 0.2) is 0 Å². The topological polar surface area (TPSA) is 83.6 Å². The summed E-state index contributed by atoms with van der Waals surface area (Å²) in [5.41, 5.74) is 2.87. The number of aromatic nitrogens is 1. The van der Waals surface area contributed by atoms with E-state index in [9.17, 15) is 9.59 Å². The first-order valence-electron chi connectivity index (χ1n) is 8.88. The lowest BCUT2D eigenvalue weighted by Gasteiger charge is -2.24. The van der Waals surface area contributed by atoms with Gasteiger partial charge in [-0.05, 0) is 20.8 Å². The number of rotatable bonds is 6. The smallest absolute Gasteiger partial charge is 0.311 e. The van der Waals surface area contributed by atoms with Crippen LogP contribution < -0.4 is 0 Å². The fourth-order valence-corrected chi connectivity index (χ4v) is 4.25. The molecule has 0 aliphatic carbocycles. The highest BCUT2D eigenvalue weighted by Crippen LogP contribution is 2.34. The molecule has 146 valence electrons. The molecule has 3 aromatic rings. The van der Waals surface area contributed by atoms with Gasteiger partial charge in [-0.1, -0.05) is 30.3 Å². The van der Waals surface area contributed by atoms with Gasteiger partial charge >= 0.3 is 5.97 Å². The van der Waals surface area contributed by atoms with E-state index in [0.29, 0.717) is 11.1 Å². The van der Waals surface area contributed by atoms with Crippen LogP contribution in [-0.4, -0.2) is 33.9 Å². The van der Waals surface area contributed by atoms with E-state index in [4.69, 9.17) is 9.52 Å². The molecule has 7 heteroatoms. The lowest BCUT2D eigenvalue weighted by molar-refractivity contribution is -0.136. The Labute approximate surface area is 167 Å². The maximum Gasteiger partial charge on any atom is 0.311 e. The van der Waals surface area contributed by atoms with E-state index in [1.165, 1.54) is 6.26 Å². The zero-order chi connectivity index (χ0) is 20.4. The summed E-state index contributed by atoms with van der Waals surface area (Å²) in [5.74, 6) is -1.12. The second kappa shape index (κ2) is 7.98. The summed E-state index contributed by atoms with van der Waals surface area (Å²) in [5, 5.41) is 9.97. The lowest BCUT2D eigenvalue weighted by Crippen LogP contribution is -2.30. The van der Waals surface area contributed by atoms with Crippen molar-refractivity contribution in [3.05, 3.63) is 64.1 Å². The van der Waals surface area contributed by atoms with Crippen molar-refractivity contribution in [2.45, 2.75) is 33.2 Å². The maximum absolute atomic E-state index is 13.1. The van der Waals surface area contributed by atoms with Crippen molar-refractivity contribution < 1.29 is 19.1 Å². The van der Waals surface area contributed by atoms with Crippen molar-refractivity contribution in [3.8, 4) is 10.6 Å². The highest BCUT2D eigenvalue weighted by molar-refractivity contribution is 7.15. The summed E-state index contributed by atoms with van der Waals surface area (Å²) in [6.07, 6.45) is 1.10. The number of benzene rings is 1. The minimum atomic E-state index is -1.04. The molecule has 1 aromatic carbocycles. The molecule has 0 saturated carbocycles. The van der Waals surface area contributed by atoms with Gasteiger partial charge in [-0.2, -0.15) is 0 Å². The number of hydrogen-bond donors (Lipinski definition) is 1. The fourth-order valence-electron chi connectivity index (χ4n) is 3.08. The Morgan fingerprint density at radius 1 is 1.25 bits per heavy atom. The van der Waals surface area contributed by atoms with Gasteiger partial charge < -0.3 is 14.4 Å². The molecule has 2 aromatic heterocycles. The van der Waals surface area contributed by atoms with E-state index in [1.54, 1.807) is 30.2 Å². The number of hydrogen-bond acceptors (Lipinski definition) is 5. The van der Waals surface area contributed by atoms with Crippen LogP contribution in [0.3, 0.4) is 0 Å². The Balaban J connectivity index is 1.88. The number of amides is 1. The van der Waals surface area contributed by atoms with E-state index in [-0.39, 0.29) is 24.1 Å². The number of furan rings is 1. The predicted octanol–water partition coefficient (Wildman–Crippen LogP) is 4.48. The summed E-state index contributed by atoms with van der Waals surface area (Å²) in [6.45, 7) is 5.62. The Morgan fingerprint density at radius 3 is 2.57 bits per heavy atom. The van der Waals surface area contributed by atoms with E-state index in [1.807, 2.05) is 44.2 Å². The fraction of sp³-hybridized carbons (Fsp3) is 0.286. The highest BCUT2D eigenvalue weighted by Gasteiger charge is 2.28. The molecular formula is C21H22N2O4S. The Bertz CT molecular complexity index is 1010. The monoisotopic (exact) mass is 398 g/mol. The molecular weight excluding hydrogens is 376 g/mol. The highest BCUT2D eigenvalue weighted by atomic mass is 32.1. The number of carbonyl (C=O) groups is 2. The van der Waals surface area contributed by atoms with Gasteiger partial charge in [0.05, 0.1) is 28.4 Å². The van der Waals surface area contributed by atoms with Crippen LogP contribution in [0.5, 0.6) is 0 Å². The quantitative estimate of drug-likeness (QED) is 0.662. The molecule has 0 aliphatic heterocycles. The minimum Gasteiger partial charge on any atom is -0.481 e. The second-order valence-electron chi connectivity index (χ2n) is 6.71. The van der Waals surface area contributed by atoms with Crippen molar-refractivity contribution in [2.24, 2.45) is 0 Å². The lowest BCUT2D eigenvalue weighted by atomic mass is 10.1. The maximum atomic E-state index is 13.1. The van der Waals surface area contributed by atoms with Gasteiger partial charge in [-0.25, -0.2) is 4.98 Å². The first-order chi connectivity index (χ1) is 13.3. The van der Waals surface area contributed by atoms with Gasteiger partial charge in [-0.3, -0.25) is 9.59 Å². The van der Waals surface area contributed by atoms with Gasteiger partial charge in [0.2, 0.25) is 0 Å². The van der Waals surface area contributed by atoms with Gasteiger partial charge in [0, 0.05) is 18.2 Å². The summed E-state index contributed by atoms with van der Waals surface area (Å²) < 4.78 is 5.31. The number of aryl methyl sites for hydroxylation is 2. The molecule has 28 heavy (non-hydrogen) atoms. The summed E-state index contributed by atoms with van der Waals surface area (Å²) in [4.78, 5) is 31.4. The van der Waals surface area contributed by atoms with Crippen molar-refractivity contribution in [1.82, 2.24) is 9.88 Å². The van der Waals surface area contributed by atoms with Crippen LogP contribution in [0.25, 0.3) is 10.6 Å². The zero-order valence-electron chi connectivity index (χ0n) is 16.2. The third kappa shape index (κ3) is 3.84. The molecule has 1 amide bonds. The average Bonchev–Trinajstić information content (AvgIpc) is 3.23.